The van der Waals surface area contributed by atoms with Crippen LogP contribution < -0.4 is 0 Å². The molecule has 1 aromatic carbocycles. The molecule has 1 saturated heterocycles. The number of hydrogen-bond acceptors (Lipinski definition) is 3. The van der Waals surface area contributed by atoms with Crippen LogP contribution in [-0.2, 0) is 20.5 Å². The molecule has 0 saturated carbocycles. The van der Waals surface area contributed by atoms with E-state index < -0.39 is 10.0 Å². The fourth-order valence-corrected chi connectivity index (χ4v) is 4.24. The van der Waals surface area contributed by atoms with Gasteiger partial charge in [0.25, 0.3) is 0 Å². The van der Waals surface area contributed by atoms with Crippen molar-refractivity contribution in [3.63, 3.8) is 0 Å². The van der Waals surface area contributed by atoms with Gasteiger partial charge in [-0.2, -0.15) is 0 Å². The second-order valence-electron chi connectivity index (χ2n) is 6.03. The Labute approximate surface area is 132 Å². The van der Waals surface area contributed by atoms with Crippen LogP contribution in [0.1, 0.15) is 25.3 Å². The van der Waals surface area contributed by atoms with Crippen molar-refractivity contribution in [2.45, 2.75) is 25.5 Å². The van der Waals surface area contributed by atoms with Crippen molar-refractivity contribution in [1.29, 1.82) is 0 Å². The highest BCUT2D eigenvalue weighted by atomic mass is 35.5. The van der Waals surface area contributed by atoms with Crippen LogP contribution in [0.5, 0.6) is 0 Å². The van der Waals surface area contributed by atoms with E-state index in [0.29, 0.717) is 30.3 Å². The molecule has 0 unspecified atom stereocenters. The smallest absolute Gasteiger partial charge is 0.218 e. The Balaban J connectivity index is 2.06. The van der Waals surface area contributed by atoms with Gasteiger partial charge in [-0.15, -0.1) is 0 Å². The number of halogens is 1. The molecule has 0 amide bonds. The van der Waals surface area contributed by atoms with Crippen LogP contribution >= 0.6 is 11.6 Å². The Kier molecular flexibility index (Phi) is 5.30. The maximum Gasteiger partial charge on any atom is 0.218 e. The molecule has 0 aromatic heterocycles. The lowest BCUT2D eigenvalue weighted by atomic mass is 9.82. The Morgan fingerprint density at radius 3 is 2.52 bits per heavy atom. The molecule has 1 aliphatic heterocycles. The van der Waals surface area contributed by atoms with E-state index in [1.165, 1.54) is 4.31 Å². The monoisotopic (exact) mass is 331 g/mol. The van der Waals surface area contributed by atoms with Crippen LogP contribution in [0, 0.1) is 5.41 Å². The van der Waals surface area contributed by atoms with Gasteiger partial charge >= 0.3 is 0 Å². The highest BCUT2D eigenvalue weighted by molar-refractivity contribution is 7.88. The minimum Gasteiger partial charge on any atom is -0.381 e. The third-order valence-corrected chi connectivity index (χ3v) is 6.20. The van der Waals surface area contributed by atoms with Crippen LogP contribution in [0.25, 0.3) is 0 Å². The molecule has 2 rings (SSSR count). The number of benzene rings is 1. The molecule has 0 bridgehead atoms. The zero-order valence-corrected chi connectivity index (χ0v) is 14.1. The predicted octanol–water partition coefficient (Wildman–Crippen LogP) is 2.92. The lowest BCUT2D eigenvalue weighted by Crippen LogP contribution is -2.41. The maximum atomic E-state index is 12.5. The van der Waals surface area contributed by atoms with E-state index in [4.69, 9.17) is 16.3 Å². The molecule has 6 heteroatoms. The number of nitrogens with zero attached hydrogens (tertiary/aromatic N) is 1. The van der Waals surface area contributed by atoms with Gasteiger partial charge in [0.1, 0.15) is 0 Å². The minimum absolute atomic E-state index is 0.0133. The largest absolute Gasteiger partial charge is 0.381 e. The van der Waals surface area contributed by atoms with E-state index in [-0.39, 0.29) is 11.2 Å². The normalized spacial score (nSPS) is 18.9. The van der Waals surface area contributed by atoms with Gasteiger partial charge in [-0.25, -0.2) is 12.7 Å². The zero-order chi connectivity index (χ0) is 15.5. The molecular formula is C15H22ClNO3S. The molecule has 1 heterocycles. The minimum atomic E-state index is -3.37. The van der Waals surface area contributed by atoms with Crippen molar-refractivity contribution in [3.8, 4) is 0 Å². The van der Waals surface area contributed by atoms with Crippen molar-refractivity contribution < 1.29 is 13.2 Å². The molecule has 1 aliphatic rings. The van der Waals surface area contributed by atoms with Crippen LogP contribution in [0.15, 0.2) is 24.3 Å². The van der Waals surface area contributed by atoms with Crippen LogP contribution in [-0.4, -0.2) is 39.5 Å². The number of hydrogen-bond donors (Lipinski definition) is 0. The molecular weight excluding hydrogens is 310 g/mol. The summed E-state index contributed by atoms with van der Waals surface area (Å²) in [4.78, 5) is 0. The summed E-state index contributed by atoms with van der Waals surface area (Å²) in [6.45, 7) is 4.05. The van der Waals surface area contributed by atoms with E-state index in [9.17, 15) is 8.42 Å². The van der Waals surface area contributed by atoms with Crippen molar-refractivity contribution >= 4 is 21.6 Å². The summed E-state index contributed by atoms with van der Waals surface area (Å²) < 4.78 is 31.8. The summed E-state index contributed by atoms with van der Waals surface area (Å²) in [6.07, 6.45) is 1.78. The molecule has 1 aromatic rings. The molecule has 0 radical (unpaired) electrons. The van der Waals surface area contributed by atoms with E-state index >= 15 is 0 Å². The van der Waals surface area contributed by atoms with Gasteiger partial charge in [-0.1, -0.05) is 36.7 Å². The van der Waals surface area contributed by atoms with Gasteiger partial charge in [-0.05, 0) is 29.9 Å². The van der Waals surface area contributed by atoms with Gasteiger partial charge in [0, 0.05) is 31.8 Å². The van der Waals surface area contributed by atoms with Gasteiger partial charge in [0.2, 0.25) is 10.0 Å². The average Bonchev–Trinajstić information content (AvgIpc) is 2.41. The SMILES string of the molecule is CN(CC1(C)CCOCC1)S(=O)(=O)Cc1ccccc1Cl. The lowest BCUT2D eigenvalue weighted by Gasteiger charge is -2.36. The van der Waals surface area contributed by atoms with E-state index in [2.05, 4.69) is 6.92 Å². The Bertz CT molecular complexity index is 582. The standard InChI is InChI=1S/C15H22ClNO3S/c1-15(7-9-20-10-8-15)12-17(2)21(18,19)11-13-5-3-4-6-14(13)16/h3-6H,7-12H2,1-2H3. The predicted molar refractivity (Wildman–Crippen MR) is 84.9 cm³/mol. The first kappa shape index (κ1) is 16.7. The molecule has 21 heavy (non-hydrogen) atoms. The maximum absolute atomic E-state index is 12.5. The Hall–Kier alpha value is -0.620. The van der Waals surface area contributed by atoms with Crippen molar-refractivity contribution in [2.75, 3.05) is 26.8 Å². The number of sulfonamides is 1. The van der Waals surface area contributed by atoms with Crippen LogP contribution in [0.3, 0.4) is 0 Å². The third-order valence-electron chi connectivity index (χ3n) is 4.07. The van der Waals surface area contributed by atoms with Crippen LogP contribution in [0.4, 0.5) is 0 Å². The van der Waals surface area contributed by atoms with E-state index in [0.717, 1.165) is 12.8 Å². The number of ether oxygens (including phenoxy) is 1. The third kappa shape index (κ3) is 4.42. The molecule has 0 spiro atoms. The Morgan fingerprint density at radius 2 is 1.90 bits per heavy atom. The summed E-state index contributed by atoms with van der Waals surface area (Å²) in [5.74, 6) is -0.0598. The van der Waals surface area contributed by atoms with Gasteiger partial charge in [0.15, 0.2) is 0 Å². The second kappa shape index (κ2) is 6.65. The summed E-state index contributed by atoms with van der Waals surface area (Å²) in [5.41, 5.74) is 0.628. The summed E-state index contributed by atoms with van der Waals surface area (Å²) in [5, 5.41) is 0.492. The van der Waals surface area contributed by atoms with Gasteiger partial charge in [-0.3, -0.25) is 0 Å². The zero-order valence-electron chi connectivity index (χ0n) is 12.5. The van der Waals surface area contributed by atoms with Crippen molar-refractivity contribution in [3.05, 3.63) is 34.9 Å². The van der Waals surface area contributed by atoms with Crippen molar-refractivity contribution in [2.24, 2.45) is 5.41 Å². The number of rotatable bonds is 5. The molecule has 1 fully saturated rings. The fourth-order valence-electron chi connectivity index (χ4n) is 2.58. The Morgan fingerprint density at radius 1 is 1.29 bits per heavy atom. The summed E-state index contributed by atoms with van der Waals surface area (Å²) in [7, 11) is -1.72. The quantitative estimate of drug-likeness (QED) is 0.833. The van der Waals surface area contributed by atoms with Crippen molar-refractivity contribution in [1.82, 2.24) is 4.31 Å². The molecule has 118 valence electrons. The highest BCUT2D eigenvalue weighted by Gasteiger charge is 2.32. The molecule has 0 N–H and O–H groups in total. The molecule has 4 nitrogen and oxygen atoms in total. The summed E-state index contributed by atoms with van der Waals surface area (Å²) >= 11 is 6.05. The van der Waals surface area contributed by atoms with Gasteiger partial charge < -0.3 is 4.74 Å². The highest BCUT2D eigenvalue weighted by Crippen LogP contribution is 2.31. The van der Waals surface area contributed by atoms with E-state index in [1.807, 2.05) is 0 Å². The molecule has 0 aliphatic carbocycles. The first-order valence-electron chi connectivity index (χ1n) is 7.08. The fraction of sp³-hybridized carbons (Fsp3) is 0.600. The topological polar surface area (TPSA) is 46.6 Å². The average molecular weight is 332 g/mol. The lowest BCUT2D eigenvalue weighted by molar-refractivity contribution is 0.0174. The molecule has 0 atom stereocenters. The first-order chi connectivity index (χ1) is 9.82. The first-order valence-corrected chi connectivity index (χ1v) is 9.06. The van der Waals surface area contributed by atoms with Crippen LogP contribution in [0.2, 0.25) is 5.02 Å². The van der Waals surface area contributed by atoms with Gasteiger partial charge in [0.05, 0.1) is 5.75 Å². The van der Waals surface area contributed by atoms with E-state index in [1.54, 1.807) is 31.3 Å². The summed E-state index contributed by atoms with van der Waals surface area (Å²) in [6, 6.07) is 7.07. The second-order valence-corrected chi connectivity index (χ2v) is 8.51.